The number of carbonyl (C=O) groups excluding carboxylic acids is 1. The quantitative estimate of drug-likeness (QED) is 0.730. The minimum absolute atomic E-state index is 0.0831. The van der Waals surface area contributed by atoms with Gasteiger partial charge in [-0.05, 0) is 37.1 Å². The van der Waals surface area contributed by atoms with Crippen LogP contribution in [0.5, 0.6) is 0 Å². The molecule has 2 N–H and O–H groups in total. The summed E-state index contributed by atoms with van der Waals surface area (Å²) in [5.74, 6) is -2.09. The maximum absolute atomic E-state index is 13.6. The van der Waals surface area contributed by atoms with Crippen LogP contribution < -0.4 is 10.6 Å². The molecule has 0 saturated carbocycles. The molecule has 0 bridgehead atoms. The summed E-state index contributed by atoms with van der Waals surface area (Å²) in [7, 11) is 0. The zero-order chi connectivity index (χ0) is 18.7. The molecule has 2 aromatic carbocycles. The number of amides is 1. The molecule has 0 atom stereocenters. The molecular formula is C19H16F2N4O. The van der Waals surface area contributed by atoms with E-state index in [1.165, 1.54) is 18.5 Å². The smallest absolute Gasteiger partial charge is 0.258 e. The molecule has 0 aliphatic rings. The van der Waals surface area contributed by atoms with Crippen molar-refractivity contribution in [1.29, 1.82) is 0 Å². The fourth-order valence-corrected chi connectivity index (χ4v) is 2.44. The Hall–Kier alpha value is -3.35. The molecule has 26 heavy (non-hydrogen) atoms. The average molecular weight is 354 g/mol. The summed E-state index contributed by atoms with van der Waals surface area (Å²) < 4.78 is 27.2. The van der Waals surface area contributed by atoms with Crippen molar-refractivity contribution >= 4 is 23.2 Å². The summed E-state index contributed by atoms with van der Waals surface area (Å²) in [6, 6.07) is 9.21. The maximum atomic E-state index is 13.6. The van der Waals surface area contributed by atoms with Crippen LogP contribution in [-0.2, 0) is 0 Å². The van der Waals surface area contributed by atoms with Gasteiger partial charge in [0.2, 0.25) is 5.95 Å². The normalized spacial score (nSPS) is 10.5. The van der Waals surface area contributed by atoms with Crippen LogP contribution in [0.3, 0.4) is 0 Å². The summed E-state index contributed by atoms with van der Waals surface area (Å²) >= 11 is 0. The lowest BCUT2D eigenvalue weighted by Gasteiger charge is -2.11. The number of aryl methyl sites for hydroxylation is 2. The Morgan fingerprint density at radius 3 is 2.00 bits per heavy atom. The Kier molecular flexibility index (Phi) is 4.88. The van der Waals surface area contributed by atoms with Crippen molar-refractivity contribution in [2.24, 2.45) is 0 Å². The van der Waals surface area contributed by atoms with Gasteiger partial charge in [-0.3, -0.25) is 4.79 Å². The highest BCUT2D eigenvalue weighted by atomic mass is 19.1. The SMILES string of the molecule is Cc1cccc(C)c1Nc1ncc(C(=O)Nc2c(F)cccc2F)cn1. The molecule has 0 fully saturated rings. The van der Waals surface area contributed by atoms with E-state index >= 15 is 0 Å². The van der Waals surface area contributed by atoms with Crippen LogP contribution in [0.2, 0.25) is 0 Å². The van der Waals surface area contributed by atoms with Crippen LogP contribution in [0, 0.1) is 25.5 Å². The third-order valence-corrected chi connectivity index (χ3v) is 3.83. The van der Waals surface area contributed by atoms with Gasteiger partial charge >= 0.3 is 0 Å². The van der Waals surface area contributed by atoms with E-state index in [9.17, 15) is 13.6 Å². The van der Waals surface area contributed by atoms with Gasteiger partial charge in [-0.25, -0.2) is 18.7 Å². The van der Waals surface area contributed by atoms with Crippen molar-refractivity contribution in [1.82, 2.24) is 9.97 Å². The summed E-state index contributed by atoms with van der Waals surface area (Å²) in [5, 5.41) is 5.29. The van der Waals surface area contributed by atoms with E-state index in [2.05, 4.69) is 20.6 Å². The molecule has 1 aromatic heterocycles. The molecule has 132 valence electrons. The van der Waals surface area contributed by atoms with Crippen LogP contribution in [0.1, 0.15) is 21.5 Å². The van der Waals surface area contributed by atoms with E-state index in [0.717, 1.165) is 28.9 Å². The highest BCUT2D eigenvalue weighted by molar-refractivity contribution is 6.04. The summed E-state index contributed by atoms with van der Waals surface area (Å²) in [4.78, 5) is 20.3. The Labute approximate surface area is 149 Å². The maximum Gasteiger partial charge on any atom is 0.258 e. The number of para-hydroxylation sites is 2. The van der Waals surface area contributed by atoms with Crippen LogP contribution in [0.15, 0.2) is 48.8 Å². The second-order valence-electron chi connectivity index (χ2n) is 5.74. The molecule has 3 rings (SSSR count). The first-order valence-electron chi connectivity index (χ1n) is 7.86. The van der Waals surface area contributed by atoms with Gasteiger partial charge in [-0.15, -0.1) is 0 Å². The molecule has 0 unspecified atom stereocenters. The first-order chi connectivity index (χ1) is 12.5. The molecule has 5 nitrogen and oxygen atoms in total. The van der Waals surface area contributed by atoms with Crippen molar-refractivity contribution in [2.45, 2.75) is 13.8 Å². The molecule has 1 amide bonds. The second-order valence-corrected chi connectivity index (χ2v) is 5.74. The standard InChI is InChI=1S/C19H16F2N4O/c1-11-5-3-6-12(2)16(11)25-19-22-9-13(10-23-19)18(26)24-17-14(20)7-4-8-15(17)21/h3-10H,1-2H3,(H,24,26)(H,22,23,25). The third kappa shape index (κ3) is 3.66. The van der Waals surface area contributed by atoms with E-state index in [1.54, 1.807) is 0 Å². The van der Waals surface area contributed by atoms with Gasteiger partial charge in [-0.1, -0.05) is 24.3 Å². The molecule has 0 aliphatic carbocycles. The zero-order valence-electron chi connectivity index (χ0n) is 14.2. The van der Waals surface area contributed by atoms with Gasteiger partial charge in [0.05, 0.1) is 5.56 Å². The predicted molar refractivity (Wildman–Crippen MR) is 95.5 cm³/mol. The topological polar surface area (TPSA) is 66.9 Å². The summed E-state index contributed by atoms with van der Waals surface area (Å²) in [5.41, 5.74) is 2.53. The first kappa shape index (κ1) is 17.5. The summed E-state index contributed by atoms with van der Waals surface area (Å²) in [6.45, 7) is 3.92. The number of aromatic nitrogens is 2. The number of hydrogen-bond acceptors (Lipinski definition) is 4. The molecule has 7 heteroatoms. The van der Waals surface area contributed by atoms with Crippen LogP contribution in [0.25, 0.3) is 0 Å². The highest BCUT2D eigenvalue weighted by Crippen LogP contribution is 2.22. The van der Waals surface area contributed by atoms with Gasteiger partial charge < -0.3 is 10.6 Å². The molecular weight excluding hydrogens is 338 g/mol. The minimum Gasteiger partial charge on any atom is -0.324 e. The molecule has 0 aliphatic heterocycles. The van der Waals surface area contributed by atoms with Crippen molar-refractivity contribution in [3.05, 3.63) is 77.1 Å². The van der Waals surface area contributed by atoms with Crippen LogP contribution >= 0.6 is 0 Å². The van der Waals surface area contributed by atoms with Gasteiger partial charge in [0.1, 0.15) is 17.3 Å². The van der Waals surface area contributed by atoms with Crippen LogP contribution in [0.4, 0.5) is 26.1 Å². The largest absolute Gasteiger partial charge is 0.324 e. The van der Waals surface area contributed by atoms with E-state index in [1.807, 2.05) is 32.0 Å². The van der Waals surface area contributed by atoms with Gasteiger partial charge in [0.15, 0.2) is 0 Å². The number of anilines is 3. The van der Waals surface area contributed by atoms with Crippen molar-refractivity contribution < 1.29 is 13.6 Å². The number of halogens is 2. The second kappa shape index (κ2) is 7.26. The molecule has 0 saturated heterocycles. The van der Waals surface area contributed by atoms with Gasteiger partial charge in [-0.2, -0.15) is 0 Å². The van der Waals surface area contributed by atoms with Crippen LogP contribution in [-0.4, -0.2) is 15.9 Å². The van der Waals surface area contributed by atoms with E-state index in [0.29, 0.717) is 5.95 Å². The monoisotopic (exact) mass is 354 g/mol. The summed E-state index contributed by atoms with van der Waals surface area (Å²) in [6.07, 6.45) is 2.58. The lowest BCUT2D eigenvalue weighted by Crippen LogP contribution is -2.15. The van der Waals surface area contributed by atoms with E-state index in [-0.39, 0.29) is 5.56 Å². The number of hydrogen-bond donors (Lipinski definition) is 2. The van der Waals surface area contributed by atoms with E-state index < -0.39 is 23.2 Å². The van der Waals surface area contributed by atoms with Crippen molar-refractivity contribution in [3.8, 4) is 0 Å². The lowest BCUT2D eigenvalue weighted by molar-refractivity contribution is 0.102. The molecule has 3 aromatic rings. The molecule has 0 radical (unpaired) electrons. The minimum atomic E-state index is -0.854. The van der Waals surface area contributed by atoms with Crippen molar-refractivity contribution in [3.63, 3.8) is 0 Å². The van der Waals surface area contributed by atoms with Gasteiger partial charge in [0.25, 0.3) is 5.91 Å². The average Bonchev–Trinajstić information content (AvgIpc) is 2.62. The lowest BCUT2D eigenvalue weighted by atomic mass is 10.1. The first-order valence-corrected chi connectivity index (χ1v) is 7.86. The molecule has 0 spiro atoms. The number of nitrogens with one attached hydrogen (secondary N) is 2. The Balaban J connectivity index is 1.76. The van der Waals surface area contributed by atoms with E-state index in [4.69, 9.17) is 0 Å². The number of benzene rings is 2. The number of nitrogens with zero attached hydrogens (tertiary/aromatic N) is 2. The zero-order valence-corrected chi connectivity index (χ0v) is 14.2. The fourth-order valence-electron chi connectivity index (χ4n) is 2.44. The number of rotatable bonds is 4. The number of carbonyl (C=O) groups is 1. The Bertz CT molecular complexity index is 918. The predicted octanol–water partition coefficient (Wildman–Crippen LogP) is 4.37. The highest BCUT2D eigenvalue weighted by Gasteiger charge is 2.14. The third-order valence-electron chi connectivity index (χ3n) is 3.83. The Morgan fingerprint density at radius 1 is 0.885 bits per heavy atom. The van der Waals surface area contributed by atoms with Gasteiger partial charge in [0, 0.05) is 18.1 Å². The fraction of sp³-hybridized carbons (Fsp3) is 0.105. The molecule has 1 heterocycles. The Morgan fingerprint density at radius 2 is 1.42 bits per heavy atom. The van der Waals surface area contributed by atoms with Crippen molar-refractivity contribution in [2.75, 3.05) is 10.6 Å².